The second kappa shape index (κ2) is 10.1. The molecular formula is C23H20BrF2N9O2S. The van der Waals surface area contributed by atoms with Crippen molar-refractivity contribution < 1.29 is 18.4 Å². The normalized spacial score (nSPS) is 11.5. The number of carbonyl (C=O) groups excluding carboxylic acids is 2. The van der Waals surface area contributed by atoms with Crippen LogP contribution in [-0.2, 0) is 13.2 Å². The van der Waals surface area contributed by atoms with Crippen LogP contribution in [0.1, 0.15) is 44.9 Å². The van der Waals surface area contributed by atoms with Gasteiger partial charge in [-0.25, -0.2) is 18.4 Å². The topological polar surface area (TPSA) is 139 Å². The molecule has 5 rings (SSSR count). The van der Waals surface area contributed by atoms with E-state index >= 15 is 0 Å². The number of anilines is 1. The second-order valence-corrected chi connectivity index (χ2v) is 10.2. The number of nitrogens with two attached hydrogens (primary N) is 1. The Bertz CT molecular complexity index is 1690. The summed E-state index contributed by atoms with van der Waals surface area (Å²) in [6.07, 6.45) is 3.86. The van der Waals surface area contributed by atoms with Crippen LogP contribution in [-0.4, -0.2) is 46.1 Å². The first kappa shape index (κ1) is 25.7. The van der Waals surface area contributed by atoms with Crippen LogP contribution in [0.3, 0.4) is 0 Å². The number of alkyl halides is 2. The molecule has 0 radical (unpaired) electrons. The van der Waals surface area contributed by atoms with Gasteiger partial charge in [0.1, 0.15) is 22.1 Å². The number of amides is 2. The molecule has 5 aromatic heterocycles. The number of hydrogen-bond donors (Lipinski definition) is 2. The summed E-state index contributed by atoms with van der Waals surface area (Å²) in [5, 5.41) is 15.9. The number of thiophene rings is 1. The van der Waals surface area contributed by atoms with Gasteiger partial charge < -0.3 is 11.1 Å². The zero-order valence-electron chi connectivity index (χ0n) is 20.0. The summed E-state index contributed by atoms with van der Waals surface area (Å²) in [6, 6.07) is 2.76. The van der Waals surface area contributed by atoms with E-state index in [2.05, 4.69) is 41.5 Å². The molecule has 5 aromatic rings. The summed E-state index contributed by atoms with van der Waals surface area (Å²) >= 11 is 4.16. The van der Waals surface area contributed by atoms with Gasteiger partial charge in [0, 0.05) is 36.1 Å². The monoisotopic (exact) mass is 603 g/mol. The Balaban J connectivity index is 1.59. The molecule has 0 bridgehead atoms. The van der Waals surface area contributed by atoms with E-state index in [9.17, 15) is 18.4 Å². The molecule has 0 aliphatic heterocycles. The molecule has 15 heteroatoms. The van der Waals surface area contributed by atoms with Gasteiger partial charge in [-0.1, -0.05) is 0 Å². The van der Waals surface area contributed by atoms with E-state index in [-0.39, 0.29) is 27.8 Å². The molecule has 5 heterocycles. The van der Waals surface area contributed by atoms with Crippen molar-refractivity contribution in [3.63, 3.8) is 0 Å². The van der Waals surface area contributed by atoms with Crippen LogP contribution in [0.25, 0.3) is 21.3 Å². The average Bonchev–Trinajstić information content (AvgIpc) is 3.65. The lowest BCUT2D eigenvalue weighted by molar-refractivity contribution is 0.100. The highest BCUT2D eigenvalue weighted by Crippen LogP contribution is 2.43. The largest absolute Gasteiger partial charge is 0.365 e. The van der Waals surface area contributed by atoms with Gasteiger partial charge in [0.15, 0.2) is 5.69 Å². The Morgan fingerprint density at radius 3 is 2.61 bits per heavy atom. The Kier molecular flexibility index (Phi) is 6.79. The fourth-order valence-corrected chi connectivity index (χ4v) is 5.32. The summed E-state index contributed by atoms with van der Waals surface area (Å²) in [4.78, 5) is 29.8. The molecular weight excluding hydrogens is 584 g/mol. The zero-order valence-corrected chi connectivity index (χ0v) is 22.4. The Morgan fingerprint density at radius 1 is 1.18 bits per heavy atom. The third kappa shape index (κ3) is 4.81. The minimum absolute atomic E-state index is 0.0186. The first-order valence-electron chi connectivity index (χ1n) is 11.3. The predicted octanol–water partition coefficient (Wildman–Crippen LogP) is 4.44. The fourth-order valence-electron chi connectivity index (χ4n) is 3.98. The maximum atomic E-state index is 13.8. The van der Waals surface area contributed by atoms with Gasteiger partial charge >= 0.3 is 0 Å². The van der Waals surface area contributed by atoms with Gasteiger partial charge in [0.05, 0.1) is 22.1 Å². The summed E-state index contributed by atoms with van der Waals surface area (Å²) in [6.45, 7) is 4.47. The number of carbonyl (C=O) groups is 2. The maximum absolute atomic E-state index is 13.8. The summed E-state index contributed by atoms with van der Waals surface area (Å²) < 4.78 is 33.1. The number of fused-ring (bicyclic) bond motifs is 1. The van der Waals surface area contributed by atoms with Crippen LogP contribution in [0.5, 0.6) is 0 Å². The predicted molar refractivity (Wildman–Crippen MR) is 140 cm³/mol. The molecule has 2 amide bonds. The Morgan fingerprint density at radius 2 is 1.97 bits per heavy atom. The number of primary amides is 1. The molecule has 0 fully saturated rings. The number of nitrogens with zero attached hydrogens (tertiary/aromatic N) is 7. The number of nitrogens with one attached hydrogen (secondary N) is 1. The fraction of sp³-hybridized carbons (Fsp3) is 0.217. The lowest BCUT2D eigenvalue weighted by atomic mass is 10.0. The number of aromatic nitrogens is 7. The highest BCUT2D eigenvalue weighted by molar-refractivity contribution is 9.10. The van der Waals surface area contributed by atoms with Gasteiger partial charge in [0.2, 0.25) is 0 Å². The van der Waals surface area contributed by atoms with Crippen LogP contribution in [0.2, 0.25) is 0 Å². The van der Waals surface area contributed by atoms with Crippen LogP contribution < -0.4 is 11.1 Å². The van der Waals surface area contributed by atoms with Gasteiger partial charge in [-0.15, -0.1) is 11.3 Å². The molecule has 0 saturated carbocycles. The number of halogens is 3. The lowest BCUT2D eigenvalue weighted by Crippen LogP contribution is -2.18. The highest BCUT2D eigenvalue weighted by Gasteiger charge is 2.26. The number of rotatable bonds is 8. The SMILES string of the molecule is CCn1cc(-c2cc(C(F)F)nc3sc(C(N)=O)c(NC(=O)c4ccn(Cn5cc(Br)cn5)n4)c23)c(C)n1. The van der Waals surface area contributed by atoms with Crippen LogP contribution in [0.15, 0.2) is 41.4 Å². The quantitative estimate of drug-likeness (QED) is 0.269. The molecule has 196 valence electrons. The minimum atomic E-state index is -2.85. The molecule has 0 aromatic carbocycles. The molecule has 3 N–H and O–H groups in total. The van der Waals surface area contributed by atoms with Crippen LogP contribution >= 0.6 is 27.3 Å². The van der Waals surface area contributed by atoms with E-state index in [1.54, 1.807) is 41.1 Å². The van der Waals surface area contributed by atoms with Crippen molar-refractivity contribution >= 4 is 55.0 Å². The number of pyridine rings is 1. The molecule has 0 unspecified atom stereocenters. The van der Waals surface area contributed by atoms with Crippen molar-refractivity contribution in [3.05, 3.63) is 63.4 Å². The van der Waals surface area contributed by atoms with Crippen molar-refractivity contribution in [1.29, 1.82) is 0 Å². The van der Waals surface area contributed by atoms with Gasteiger partial charge in [-0.05, 0) is 47.5 Å². The smallest absolute Gasteiger partial charge is 0.280 e. The van der Waals surface area contributed by atoms with E-state index in [0.29, 0.717) is 28.8 Å². The molecule has 0 saturated heterocycles. The van der Waals surface area contributed by atoms with E-state index in [1.807, 2.05) is 6.92 Å². The van der Waals surface area contributed by atoms with Crippen LogP contribution in [0, 0.1) is 6.92 Å². The first-order chi connectivity index (χ1) is 18.1. The molecule has 0 aliphatic carbocycles. The average molecular weight is 604 g/mol. The van der Waals surface area contributed by atoms with E-state index < -0.39 is 23.9 Å². The second-order valence-electron chi connectivity index (χ2n) is 8.26. The van der Waals surface area contributed by atoms with Crippen molar-refractivity contribution in [1.82, 2.24) is 34.3 Å². The lowest BCUT2D eigenvalue weighted by Gasteiger charge is -2.10. The summed E-state index contributed by atoms with van der Waals surface area (Å²) in [5.74, 6) is -1.44. The van der Waals surface area contributed by atoms with Crippen molar-refractivity contribution in [3.8, 4) is 11.1 Å². The minimum Gasteiger partial charge on any atom is -0.365 e. The van der Waals surface area contributed by atoms with Crippen molar-refractivity contribution in [2.75, 3.05) is 5.32 Å². The van der Waals surface area contributed by atoms with Gasteiger partial charge in [-0.2, -0.15) is 15.3 Å². The maximum Gasteiger partial charge on any atom is 0.280 e. The molecule has 0 spiro atoms. The molecule has 38 heavy (non-hydrogen) atoms. The third-order valence-corrected chi connectivity index (χ3v) is 7.20. The highest BCUT2D eigenvalue weighted by atomic mass is 79.9. The molecule has 0 aliphatic rings. The third-order valence-electron chi connectivity index (χ3n) is 5.69. The van der Waals surface area contributed by atoms with E-state index in [4.69, 9.17) is 5.73 Å². The summed E-state index contributed by atoms with van der Waals surface area (Å²) in [5.41, 5.74) is 6.83. The van der Waals surface area contributed by atoms with Gasteiger partial charge in [-0.3, -0.25) is 19.0 Å². The number of hydrogen-bond acceptors (Lipinski definition) is 7. The first-order valence-corrected chi connectivity index (χ1v) is 12.9. The summed E-state index contributed by atoms with van der Waals surface area (Å²) in [7, 11) is 0. The Hall–Kier alpha value is -3.98. The zero-order chi connectivity index (χ0) is 27.1. The standard InChI is InChI=1S/C23H20BrF2N9O2S/c1-3-33-9-14(11(2)31-33)13-6-16(20(25)26)29-23-17(13)18(19(38-23)21(27)36)30-22(37)15-4-5-34(32-15)10-35-8-12(24)7-28-35/h4-9,20H,3,10H2,1-2H3,(H2,27,36)(H,30,37). The number of aryl methyl sites for hydroxylation is 2. The van der Waals surface area contributed by atoms with Crippen LogP contribution in [0.4, 0.5) is 14.5 Å². The van der Waals surface area contributed by atoms with Crippen molar-refractivity contribution in [2.24, 2.45) is 5.73 Å². The van der Waals surface area contributed by atoms with E-state index in [1.165, 1.54) is 16.8 Å². The molecule has 0 atom stereocenters. The molecule has 11 nitrogen and oxygen atoms in total. The van der Waals surface area contributed by atoms with Gasteiger partial charge in [0.25, 0.3) is 18.2 Å². The Labute approximate surface area is 226 Å². The van der Waals surface area contributed by atoms with E-state index in [0.717, 1.165) is 15.8 Å². The van der Waals surface area contributed by atoms with Crippen molar-refractivity contribution in [2.45, 2.75) is 33.5 Å².